The van der Waals surface area contributed by atoms with Crippen LogP contribution in [0.15, 0.2) is 0 Å². The van der Waals surface area contributed by atoms with Gasteiger partial charge in [0.05, 0.1) is 12.1 Å². The van der Waals surface area contributed by atoms with Gasteiger partial charge in [-0.25, -0.2) is 4.79 Å². The van der Waals surface area contributed by atoms with Crippen molar-refractivity contribution in [1.29, 1.82) is 0 Å². The Kier molecular flexibility index (Phi) is 2.78. The van der Waals surface area contributed by atoms with Gasteiger partial charge in [0.25, 0.3) is 10.1 Å². The molecule has 0 aromatic rings. The van der Waals surface area contributed by atoms with Crippen LogP contribution in [0.4, 0.5) is 4.79 Å². The summed E-state index contributed by atoms with van der Waals surface area (Å²) in [6, 6.07) is 0. The maximum atomic E-state index is 12.3. The zero-order valence-electron chi connectivity index (χ0n) is 12.7. The number of rotatable bonds is 3. The highest BCUT2D eigenvalue weighted by Crippen LogP contribution is 2.68. The molecule has 3 aliphatic carbocycles. The van der Waals surface area contributed by atoms with E-state index in [1.807, 2.05) is 0 Å². The molecule has 5 fully saturated rings. The van der Waals surface area contributed by atoms with Gasteiger partial charge in [0.2, 0.25) is 0 Å². The van der Waals surface area contributed by atoms with Crippen LogP contribution in [0.2, 0.25) is 0 Å². The lowest BCUT2D eigenvalue weighted by Gasteiger charge is -2.70. The number of likely N-dealkylation sites (tertiary alicyclic amines) is 1. The van der Waals surface area contributed by atoms with Crippen LogP contribution in [0.1, 0.15) is 39.0 Å². The molecule has 2 aliphatic heterocycles. The summed E-state index contributed by atoms with van der Waals surface area (Å²) in [7, 11) is -4.01. The third-order valence-corrected chi connectivity index (χ3v) is 7.79. The van der Waals surface area contributed by atoms with Crippen molar-refractivity contribution in [3.8, 4) is 0 Å². The minimum atomic E-state index is -4.01. The van der Waals surface area contributed by atoms with Gasteiger partial charge >= 0.3 is 6.09 Å². The fourth-order valence-electron chi connectivity index (χ4n) is 4.73. The second kappa shape index (κ2) is 4.15. The number of carbonyl (C=O) groups is 1. The summed E-state index contributed by atoms with van der Waals surface area (Å²) in [5.74, 6) is 0. The van der Waals surface area contributed by atoms with Crippen LogP contribution in [-0.2, 0) is 14.9 Å². The predicted molar refractivity (Wildman–Crippen MR) is 78.1 cm³/mol. The zero-order valence-corrected chi connectivity index (χ0v) is 13.6. The van der Waals surface area contributed by atoms with E-state index in [4.69, 9.17) is 4.74 Å². The summed E-state index contributed by atoms with van der Waals surface area (Å²) in [5.41, 5.74) is -0.790. The van der Waals surface area contributed by atoms with Gasteiger partial charge in [-0.1, -0.05) is 6.92 Å². The van der Waals surface area contributed by atoms with Gasteiger partial charge in [-0.2, -0.15) is 8.42 Å². The van der Waals surface area contributed by atoms with E-state index in [2.05, 4.69) is 11.8 Å². The maximum absolute atomic E-state index is 12.3. The molecule has 8 heteroatoms. The summed E-state index contributed by atoms with van der Waals surface area (Å²) in [4.78, 5) is 16.4. The lowest BCUT2D eigenvalue weighted by atomic mass is 9.48. The highest BCUT2D eigenvalue weighted by atomic mass is 32.2. The first-order chi connectivity index (χ1) is 10.2. The van der Waals surface area contributed by atoms with E-state index in [1.165, 1.54) is 0 Å². The van der Waals surface area contributed by atoms with Crippen LogP contribution in [0.5, 0.6) is 0 Å². The Hall–Kier alpha value is -0.860. The average molecular weight is 330 g/mol. The van der Waals surface area contributed by atoms with Gasteiger partial charge < -0.3 is 9.64 Å². The minimum absolute atomic E-state index is 0.311. The third-order valence-electron chi connectivity index (χ3n) is 6.26. The van der Waals surface area contributed by atoms with Crippen molar-refractivity contribution in [2.75, 3.05) is 26.2 Å². The van der Waals surface area contributed by atoms with E-state index in [0.717, 1.165) is 32.5 Å². The number of ether oxygens (including phenoxy) is 1. The number of piperidine rings is 1. The normalized spacial score (nSPS) is 40.3. The van der Waals surface area contributed by atoms with Crippen LogP contribution in [0, 0.1) is 0 Å². The summed E-state index contributed by atoms with van der Waals surface area (Å²) in [6.07, 6.45) is 2.42. The summed E-state index contributed by atoms with van der Waals surface area (Å²) in [6.45, 7) is 5.56. The van der Waals surface area contributed by atoms with E-state index in [0.29, 0.717) is 25.8 Å². The molecule has 2 saturated heterocycles. The number of hydrogen-bond acceptors (Lipinski definition) is 5. The molecule has 5 rings (SSSR count). The van der Waals surface area contributed by atoms with Crippen molar-refractivity contribution in [3.63, 3.8) is 0 Å². The van der Waals surface area contributed by atoms with E-state index in [9.17, 15) is 17.8 Å². The maximum Gasteiger partial charge on any atom is 0.410 e. The Bertz CT molecular complexity index is 603. The van der Waals surface area contributed by atoms with Gasteiger partial charge in [-0.05, 0) is 25.8 Å². The van der Waals surface area contributed by atoms with E-state index >= 15 is 0 Å². The second-order valence-corrected chi connectivity index (χ2v) is 9.30. The van der Waals surface area contributed by atoms with Crippen molar-refractivity contribution >= 4 is 16.2 Å². The Morgan fingerprint density at radius 3 is 2.32 bits per heavy atom. The van der Waals surface area contributed by atoms with Crippen LogP contribution < -0.4 is 0 Å². The van der Waals surface area contributed by atoms with Crippen molar-refractivity contribution in [2.24, 2.45) is 0 Å². The number of carbonyl (C=O) groups excluding carboxylic acids is 1. The molecule has 0 aromatic heterocycles. The van der Waals surface area contributed by atoms with Crippen molar-refractivity contribution < 1.29 is 22.5 Å². The van der Waals surface area contributed by atoms with E-state index in [1.54, 1.807) is 4.90 Å². The zero-order chi connectivity index (χ0) is 15.8. The molecule has 0 unspecified atom stereocenters. The predicted octanol–water partition coefficient (Wildman–Crippen LogP) is 0.856. The fraction of sp³-hybridized carbons (Fsp3) is 0.929. The molecule has 1 spiro atoms. The Morgan fingerprint density at radius 2 is 1.82 bits per heavy atom. The fourth-order valence-corrected chi connectivity index (χ4v) is 6.08. The van der Waals surface area contributed by atoms with Crippen molar-refractivity contribution in [1.82, 2.24) is 9.80 Å². The third kappa shape index (κ3) is 1.74. The Morgan fingerprint density at radius 1 is 1.23 bits per heavy atom. The smallest absolute Gasteiger partial charge is 0.410 e. The van der Waals surface area contributed by atoms with E-state index in [-0.39, 0.29) is 6.09 Å². The minimum Gasteiger partial charge on any atom is -0.441 e. The van der Waals surface area contributed by atoms with Crippen LogP contribution in [0.3, 0.4) is 0 Å². The van der Waals surface area contributed by atoms with Gasteiger partial charge in [0.1, 0.15) is 10.3 Å². The summed E-state index contributed by atoms with van der Waals surface area (Å²) < 4.78 is 36.8. The average Bonchev–Trinajstić information content (AvgIpc) is 2.63. The molecule has 2 bridgehead atoms. The quantitative estimate of drug-likeness (QED) is 0.772. The Balaban J connectivity index is 1.45. The molecule has 1 N–H and O–H groups in total. The number of nitrogens with zero attached hydrogens (tertiary/aromatic N) is 2. The topological polar surface area (TPSA) is 87.2 Å². The molecule has 3 saturated carbocycles. The molecule has 0 aromatic carbocycles. The monoisotopic (exact) mass is 330 g/mol. The lowest BCUT2D eigenvalue weighted by Crippen LogP contribution is -2.81. The number of hydrogen-bond donors (Lipinski definition) is 1. The highest BCUT2D eigenvalue weighted by molar-refractivity contribution is 7.87. The highest BCUT2D eigenvalue weighted by Gasteiger charge is 2.78. The molecule has 22 heavy (non-hydrogen) atoms. The largest absolute Gasteiger partial charge is 0.441 e. The molecule has 2 heterocycles. The van der Waals surface area contributed by atoms with Crippen LogP contribution in [-0.4, -0.2) is 70.9 Å². The lowest BCUT2D eigenvalue weighted by molar-refractivity contribution is -0.100. The molecule has 7 nitrogen and oxygen atoms in total. The summed E-state index contributed by atoms with van der Waals surface area (Å²) in [5, 5.41) is 0. The first-order valence-electron chi connectivity index (χ1n) is 7.93. The van der Waals surface area contributed by atoms with Crippen molar-refractivity contribution in [2.45, 2.75) is 54.9 Å². The second-order valence-electron chi connectivity index (χ2n) is 7.48. The summed E-state index contributed by atoms with van der Waals surface area (Å²) >= 11 is 0. The first-order valence-corrected chi connectivity index (χ1v) is 9.37. The van der Waals surface area contributed by atoms with Gasteiger partial charge in [0, 0.05) is 25.9 Å². The molecule has 5 aliphatic rings. The molecule has 1 amide bonds. The van der Waals surface area contributed by atoms with Gasteiger partial charge in [-0.15, -0.1) is 0 Å². The number of amides is 1. The standard InChI is InChI=1S/C14H22N2O5S/c1-2-15-5-3-13(4-6-15)10-16(11(17)21-13)12-7-14(8-12,9-12)22(18,19)20/h2-10H2,1H3,(H,18,19,20). The Labute approximate surface area is 130 Å². The first kappa shape index (κ1) is 14.7. The molecular weight excluding hydrogens is 308 g/mol. The molecule has 0 radical (unpaired) electrons. The molecule has 124 valence electrons. The van der Waals surface area contributed by atoms with Crippen molar-refractivity contribution in [3.05, 3.63) is 0 Å². The van der Waals surface area contributed by atoms with Gasteiger partial charge in [-0.3, -0.25) is 9.45 Å². The van der Waals surface area contributed by atoms with Crippen LogP contribution in [0.25, 0.3) is 0 Å². The van der Waals surface area contributed by atoms with E-state index < -0.39 is 26.0 Å². The van der Waals surface area contributed by atoms with Gasteiger partial charge in [0.15, 0.2) is 0 Å². The van der Waals surface area contributed by atoms with Crippen LogP contribution >= 0.6 is 0 Å². The molecule has 0 atom stereocenters. The SMILES string of the molecule is CCN1CCC2(CC1)CN(C13CC(S(=O)(=O)O)(C1)C3)C(=O)O2. The molecular formula is C14H22N2O5S.